The summed E-state index contributed by atoms with van der Waals surface area (Å²) in [5.41, 5.74) is 2.89. The molecule has 0 radical (unpaired) electrons. The Labute approximate surface area is 238 Å². The van der Waals surface area contributed by atoms with E-state index in [0.29, 0.717) is 32.0 Å². The van der Waals surface area contributed by atoms with Crippen LogP contribution in [0.4, 0.5) is 29.2 Å². The highest BCUT2D eigenvalue weighted by molar-refractivity contribution is 5.97. The predicted octanol–water partition coefficient (Wildman–Crippen LogP) is 3.78. The Bertz CT molecular complexity index is 1610. The number of anilines is 2. The monoisotopic (exact) mass is 587 g/mol. The summed E-state index contributed by atoms with van der Waals surface area (Å²) in [4.78, 5) is 19.5. The molecule has 0 amide bonds. The third kappa shape index (κ3) is 3.98. The van der Waals surface area contributed by atoms with Gasteiger partial charge in [0.2, 0.25) is 5.88 Å². The van der Waals surface area contributed by atoms with Crippen LogP contribution in [-0.4, -0.2) is 70.5 Å². The minimum absolute atomic E-state index is 0.0271. The number of rotatable bonds is 4. The van der Waals surface area contributed by atoms with Crippen molar-refractivity contribution in [3.8, 4) is 23.1 Å². The zero-order valence-electron chi connectivity index (χ0n) is 22.8. The van der Waals surface area contributed by atoms with E-state index in [-0.39, 0.29) is 70.6 Å². The number of alkyl halides is 3. The molecule has 3 N–H and O–H groups in total. The zero-order chi connectivity index (χ0) is 29.0. The normalized spacial score (nSPS) is 29.5. The van der Waals surface area contributed by atoms with E-state index in [0.717, 1.165) is 31.7 Å². The fourth-order valence-electron chi connectivity index (χ4n) is 7.48. The molecule has 222 valence electrons. The second kappa shape index (κ2) is 8.99. The number of nitrogens with one attached hydrogen (secondary N) is 1. The van der Waals surface area contributed by atoms with Crippen LogP contribution in [0.2, 0.25) is 0 Å². The number of hydrogen-bond donors (Lipinski definition) is 2. The lowest BCUT2D eigenvalue weighted by atomic mass is 9.71. The average molecular weight is 588 g/mol. The first-order valence-corrected chi connectivity index (χ1v) is 14.2. The van der Waals surface area contributed by atoms with Gasteiger partial charge in [-0.1, -0.05) is 0 Å². The molecule has 6 aliphatic rings. The van der Waals surface area contributed by atoms with Gasteiger partial charge < -0.3 is 30.2 Å². The Hall–Kier alpha value is -3.52. The van der Waals surface area contributed by atoms with Gasteiger partial charge in [-0.25, -0.2) is 14.4 Å². The lowest BCUT2D eigenvalue weighted by Crippen LogP contribution is -2.59. The molecular weight excluding hydrogens is 558 g/mol. The van der Waals surface area contributed by atoms with Crippen LogP contribution >= 0.6 is 0 Å². The number of fused-ring (bicyclic) bond motifs is 6. The van der Waals surface area contributed by atoms with E-state index in [1.807, 2.05) is 0 Å². The van der Waals surface area contributed by atoms with Crippen LogP contribution in [0.15, 0.2) is 6.07 Å². The smallest absolute Gasteiger partial charge is 0.418 e. The van der Waals surface area contributed by atoms with Gasteiger partial charge >= 0.3 is 12.2 Å². The van der Waals surface area contributed by atoms with Crippen LogP contribution in [0, 0.1) is 18.2 Å². The van der Waals surface area contributed by atoms with Gasteiger partial charge in [-0.3, -0.25) is 0 Å². The summed E-state index contributed by atoms with van der Waals surface area (Å²) < 4.78 is 77.2. The molecular formula is C28H29F4N7O3. The van der Waals surface area contributed by atoms with Crippen molar-refractivity contribution in [1.29, 1.82) is 0 Å². The maximum Gasteiger partial charge on any atom is 0.418 e. The second-order valence-electron chi connectivity index (χ2n) is 12.2. The number of piperazine rings is 1. The number of halogens is 4. The average Bonchev–Trinajstić information content (AvgIpc) is 3.62. The Kier molecular flexibility index (Phi) is 5.59. The van der Waals surface area contributed by atoms with Crippen molar-refractivity contribution in [2.75, 3.05) is 37.0 Å². The SMILES string of the molecule is Cc1nc(N)cc(-c2nc3c4c(nc(OCC56COC(C5)C6)nc4c2F)N2C[C@@H]4CC[C@@H](N4)[C@H]2CCO3)c1C(F)(F)F. The highest BCUT2D eigenvalue weighted by atomic mass is 19.4. The van der Waals surface area contributed by atoms with Gasteiger partial charge in [0.1, 0.15) is 28.2 Å². The van der Waals surface area contributed by atoms with Crippen molar-refractivity contribution in [3.05, 3.63) is 23.1 Å². The van der Waals surface area contributed by atoms with Gasteiger partial charge in [-0.05, 0) is 38.7 Å². The summed E-state index contributed by atoms with van der Waals surface area (Å²) in [6.07, 6.45) is -0.231. The molecule has 3 atom stereocenters. The summed E-state index contributed by atoms with van der Waals surface area (Å²) in [5, 5.41) is 3.87. The maximum atomic E-state index is 16.6. The molecule has 3 aromatic heterocycles. The number of hydrogen-bond acceptors (Lipinski definition) is 10. The lowest BCUT2D eigenvalue weighted by Gasteiger charge is -2.43. The van der Waals surface area contributed by atoms with E-state index in [4.69, 9.17) is 24.9 Å². The highest BCUT2D eigenvalue weighted by Gasteiger charge is 2.52. The molecule has 3 aromatic rings. The topological polar surface area (TPSA) is 121 Å². The van der Waals surface area contributed by atoms with E-state index >= 15 is 4.39 Å². The van der Waals surface area contributed by atoms with E-state index in [1.54, 1.807) is 0 Å². The molecule has 14 heteroatoms. The van der Waals surface area contributed by atoms with E-state index < -0.39 is 28.8 Å². The molecule has 5 fully saturated rings. The molecule has 42 heavy (non-hydrogen) atoms. The number of nitrogens with two attached hydrogens (primary N) is 1. The molecule has 5 aliphatic heterocycles. The van der Waals surface area contributed by atoms with Crippen LogP contribution in [0.3, 0.4) is 0 Å². The molecule has 0 aromatic carbocycles. The van der Waals surface area contributed by atoms with Crippen molar-refractivity contribution in [1.82, 2.24) is 25.3 Å². The van der Waals surface area contributed by atoms with Gasteiger partial charge in [0.05, 0.1) is 37.2 Å². The second-order valence-corrected chi connectivity index (χ2v) is 12.2. The fourth-order valence-corrected chi connectivity index (χ4v) is 7.48. The minimum Gasteiger partial charge on any atom is -0.477 e. The standard InChI is InChI=1S/C28H29F4N7O3/c1-12-20(28(30,31)32)15(6-18(33)34-12)22-21(29)23-19-24(38-26(37-23)42-11-27-7-14(8-27)41-10-27)39-9-13-2-3-16(35-13)17(39)4-5-40-25(19)36-22/h6,13-14,16-17,35H,2-5,7-11H2,1H3,(H2,33,34)/t13-,14?,16+,17+,27?/m0/s1. The Morgan fingerprint density at radius 2 is 2.00 bits per heavy atom. The summed E-state index contributed by atoms with van der Waals surface area (Å²) in [6.45, 7) is 2.92. The molecule has 8 heterocycles. The summed E-state index contributed by atoms with van der Waals surface area (Å²) in [5.74, 6) is -0.844. The number of nitrogens with zero attached hydrogens (tertiary/aromatic N) is 5. The van der Waals surface area contributed by atoms with Crippen LogP contribution in [-0.2, 0) is 10.9 Å². The maximum absolute atomic E-state index is 16.6. The zero-order valence-corrected chi connectivity index (χ0v) is 22.8. The molecule has 0 unspecified atom stereocenters. The van der Waals surface area contributed by atoms with Crippen molar-refractivity contribution in [2.45, 2.75) is 69.4 Å². The van der Waals surface area contributed by atoms with Gasteiger partial charge in [0, 0.05) is 42.1 Å². The number of aromatic nitrogens is 4. The molecule has 9 rings (SSSR count). The third-order valence-corrected chi connectivity index (χ3v) is 9.41. The number of aryl methyl sites for hydroxylation is 1. The fraction of sp³-hybridized carbons (Fsp3) is 0.571. The largest absolute Gasteiger partial charge is 0.477 e. The van der Waals surface area contributed by atoms with Crippen molar-refractivity contribution >= 4 is 22.5 Å². The van der Waals surface area contributed by atoms with Crippen molar-refractivity contribution in [2.24, 2.45) is 5.41 Å². The van der Waals surface area contributed by atoms with Gasteiger partial charge in [0.15, 0.2) is 5.82 Å². The first kappa shape index (κ1) is 26.1. The Balaban J connectivity index is 1.33. The van der Waals surface area contributed by atoms with Crippen LogP contribution < -0.4 is 25.4 Å². The molecule has 1 saturated carbocycles. The highest BCUT2D eigenvalue weighted by Crippen LogP contribution is 2.50. The van der Waals surface area contributed by atoms with Gasteiger partial charge in [0.25, 0.3) is 0 Å². The third-order valence-electron chi connectivity index (χ3n) is 9.41. The van der Waals surface area contributed by atoms with E-state index in [1.165, 1.54) is 6.92 Å². The molecule has 10 nitrogen and oxygen atoms in total. The van der Waals surface area contributed by atoms with E-state index in [2.05, 4.69) is 25.2 Å². The molecule has 1 aliphatic carbocycles. The first-order valence-electron chi connectivity index (χ1n) is 14.2. The van der Waals surface area contributed by atoms with Crippen LogP contribution in [0.25, 0.3) is 22.2 Å². The quantitative estimate of drug-likeness (QED) is 0.437. The van der Waals surface area contributed by atoms with Gasteiger partial charge in [-0.15, -0.1) is 0 Å². The summed E-state index contributed by atoms with van der Waals surface area (Å²) in [7, 11) is 0. The number of ether oxygens (including phenoxy) is 3. The van der Waals surface area contributed by atoms with Gasteiger partial charge in [-0.2, -0.15) is 23.1 Å². The lowest BCUT2D eigenvalue weighted by molar-refractivity contribution is -0.137. The van der Waals surface area contributed by atoms with Crippen LogP contribution in [0.5, 0.6) is 11.9 Å². The molecule has 4 saturated heterocycles. The van der Waals surface area contributed by atoms with E-state index in [9.17, 15) is 13.2 Å². The van der Waals surface area contributed by atoms with Crippen LogP contribution in [0.1, 0.15) is 43.4 Å². The molecule has 0 spiro atoms. The number of pyridine rings is 2. The molecule has 4 bridgehead atoms. The summed E-state index contributed by atoms with van der Waals surface area (Å²) >= 11 is 0. The Morgan fingerprint density at radius 1 is 1.17 bits per heavy atom. The minimum atomic E-state index is -4.84. The van der Waals surface area contributed by atoms with Crippen molar-refractivity contribution < 1.29 is 31.8 Å². The number of nitrogen functional groups attached to an aromatic ring is 1. The van der Waals surface area contributed by atoms with Crippen molar-refractivity contribution in [3.63, 3.8) is 0 Å². The first-order chi connectivity index (χ1) is 20.1. The summed E-state index contributed by atoms with van der Waals surface area (Å²) in [6, 6.07) is 1.41. The predicted molar refractivity (Wildman–Crippen MR) is 143 cm³/mol. The Morgan fingerprint density at radius 3 is 2.76 bits per heavy atom.